The largest absolute Gasteiger partial charge is 0.341 e. The number of ketones is 1. The maximum Gasteiger partial charge on any atom is 0.229 e. The molecule has 1 heterocycles. The van der Waals surface area contributed by atoms with Crippen LogP contribution in [-0.2, 0) is 9.59 Å². The first kappa shape index (κ1) is 18.2. The highest BCUT2D eigenvalue weighted by molar-refractivity contribution is 5.96. The molecule has 1 aliphatic heterocycles. The molecule has 5 heteroatoms. The number of amides is 2. The van der Waals surface area contributed by atoms with Crippen LogP contribution in [0.15, 0.2) is 24.3 Å². The summed E-state index contributed by atoms with van der Waals surface area (Å²) in [4.78, 5) is 38.0. The van der Waals surface area contributed by atoms with Crippen molar-refractivity contribution in [3.63, 3.8) is 0 Å². The van der Waals surface area contributed by atoms with Crippen LogP contribution in [0.5, 0.6) is 0 Å². The van der Waals surface area contributed by atoms with Gasteiger partial charge in [-0.05, 0) is 44.0 Å². The molecule has 130 valence electrons. The molecule has 1 aromatic rings. The molecule has 1 aromatic carbocycles. The first-order valence-electron chi connectivity index (χ1n) is 8.39. The van der Waals surface area contributed by atoms with Gasteiger partial charge in [-0.25, -0.2) is 0 Å². The van der Waals surface area contributed by atoms with Gasteiger partial charge in [0.2, 0.25) is 11.8 Å². The van der Waals surface area contributed by atoms with Gasteiger partial charge in [-0.1, -0.05) is 20.8 Å². The minimum absolute atomic E-state index is 0.00325. The van der Waals surface area contributed by atoms with Crippen molar-refractivity contribution in [3.05, 3.63) is 29.8 Å². The van der Waals surface area contributed by atoms with Gasteiger partial charge < -0.3 is 10.2 Å². The molecule has 0 radical (unpaired) electrons. The number of Topliss-reactive ketones (excluding diaryl/α,β-unsaturated/α-hetero) is 1. The number of piperidine rings is 1. The van der Waals surface area contributed by atoms with E-state index < -0.39 is 5.41 Å². The Bertz CT molecular complexity index is 629. The van der Waals surface area contributed by atoms with Gasteiger partial charge in [-0.2, -0.15) is 0 Å². The van der Waals surface area contributed by atoms with Gasteiger partial charge in [0.1, 0.15) is 0 Å². The van der Waals surface area contributed by atoms with Crippen molar-refractivity contribution in [2.24, 2.45) is 11.3 Å². The Balaban J connectivity index is 1.99. The summed E-state index contributed by atoms with van der Waals surface area (Å²) < 4.78 is 0. The number of carbonyl (C=O) groups is 3. The van der Waals surface area contributed by atoms with Crippen LogP contribution in [0.2, 0.25) is 0 Å². The van der Waals surface area contributed by atoms with Gasteiger partial charge in [0, 0.05) is 29.8 Å². The fourth-order valence-corrected chi connectivity index (χ4v) is 2.88. The highest BCUT2D eigenvalue weighted by Crippen LogP contribution is 2.24. The Kier molecular flexibility index (Phi) is 5.42. The molecular formula is C19H26N2O3. The Morgan fingerprint density at radius 2 is 1.75 bits per heavy atom. The number of rotatable bonds is 3. The van der Waals surface area contributed by atoms with Gasteiger partial charge in [0.15, 0.2) is 5.78 Å². The topological polar surface area (TPSA) is 66.5 Å². The van der Waals surface area contributed by atoms with Crippen molar-refractivity contribution in [2.75, 3.05) is 18.4 Å². The van der Waals surface area contributed by atoms with Crippen molar-refractivity contribution < 1.29 is 14.4 Å². The lowest BCUT2D eigenvalue weighted by atomic mass is 9.91. The minimum atomic E-state index is -0.430. The van der Waals surface area contributed by atoms with Crippen LogP contribution in [0.3, 0.4) is 0 Å². The second-order valence-corrected chi connectivity index (χ2v) is 7.46. The second kappa shape index (κ2) is 7.16. The van der Waals surface area contributed by atoms with E-state index in [1.807, 2.05) is 20.8 Å². The molecule has 2 rings (SSSR count). The fourth-order valence-electron chi connectivity index (χ4n) is 2.88. The molecule has 0 aromatic heterocycles. The Hall–Kier alpha value is -2.17. The van der Waals surface area contributed by atoms with Crippen LogP contribution in [0, 0.1) is 11.3 Å². The van der Waals surface area contributed by atoms with Crippen LogP contribution in [0.4, 0.5) is 5.69 Å². The molecule has 24 heavy (non-hydrogen) atoms. The summed E-state index contributed by atoms with van der Waals surface area (Å²) >= 11 is 0. The third kappa shape index (κ3) is 4.43. The molecule has 1 aliphatic rings. The standard InChI is InChI=1S/C19H26N2O3/c1-13(22)14-7-9-16(10-8-14)20-17(23)15-6-5-11-21(12-15)18(24)19(2,3)4/h7-10,15H,5-6,11-12H2,1-4H3,(H,20,23). The zero-order valence-electron chi connectivity index (χ0n) is 14.9. The van der Waals surface area contributed by atoms with E-state index in [0.29, 0.717) is 24.3 Å². The van der Waals surface area contributed by atoms with E-state index in [1.54, 1.807) is 29.2 Å². The van der Waals surface area contributed by atoms with Crippen molar-refractivity contribution in [2.45, 2.75) is 40.5 Å². The predicted octanol–water partition coefficient (Wildman–Crippen LogP) is 3.11. The Morgan fingerprint density at radius 3 is 2.29 bits per heavy atom. The molecule has 2 amide bonds. The van der Waals surface area contributed by atoms with Gasteiger partial charge in [-0.15, -0.1) is 0 Å². The SMILES string of the molecule is CC(=O)c1ccc(NC(=O)C2CCCN(C(=O)C(C)(C)C)C2)cc1. The van der Waals surface area contributed by atoms with E-state index in [4.69, 9.17) is 0 Å². The lowest BCUT2D eigenvalue weighted by Crippen LogP contribution is -2.47. The van der Waals surface area contributed by atoms with E-state index >= 15 is 0 Å². The van der Waals surface area contributed by atoms with Gasteiger partial charge in [0.25, 0.3) is 0 Å². The van der Waals surface area contributed by atoms with E-state index in [2.05, 4.69) is 5.32 Å². The average molecular weight is 330 g/mol. The molecule has 0 spiro atoms. The number of anilines is 1. The quantitative estimate of drug-likeness (QED) is 0.866. The molecular weight excluding hydrogens is 304 g/mol. The Morgan fingerprint density at radius 1 is 1.12 bits per heavy atom. The molecule has 1 fully saturated rings. The average Bonchev–Trinajstić information content (AvgIpc) is 2.54. The zero-order valence-corrected chi connectivity index (χ0v) is 14.9. The predicted molar refractivity (Wildman–Crippen MR) is 93.8 cm³/mol. The summed E-state index contributed by atoms with van der Waals surface area (Å²) in [5, 5.41) is 2.89. The summed E-state index contributed by atoms with van der Waals surface area (Å²) in [5.74, 6) is -0.183. The smallest absolute Gasteiger partial charge is 0.229 e. The van der Waals surface area contributed by atoms with Gasteiger partial charge in [-0.3, -0.25) is 14.4 Å². The number of benzene rings is 1. The lowest BCUT2D eigenvalue weighted by Gasteiger charge is -2.35. The number of nitrogens with zero attached hydrogens (tertiary/aromatic N) is 1. The summed E-state index contributed by atoms with van der Waals surface area (Å²) in [6.07, 6.45) is 1.62. The zero-order chi connectivity index (χ0) is 17.9. The summed E-state index contributed by atoms with van der Waals surface area (Å²) in [6, 6.07) is 6.87. The van der Waals surface area contributed by atoms with Crippen LogP contribution < -0.4 is 5.32 Å². The number of likely N-dealkylation sites (tertiary alicyclic amines) is 1. The highest BCUT2D eigenvalue weighted by atomic mass is 16.2. The van der Waals surface area contributed by atoms with Crippen LogP contribution in [0.1, 0.15) is 50.9 Å². The van der Waals surface area contributed by atoms with E-state index in [1.165, 1.54) is 6.92 Å². The van der Waals surface area contributed by atoms with Crippen LogP contribution in [-0.4, -0.2) is 35.6 Å². The van der Waals surface area contributed by atoms with Crippen molar-refractivity contribution in [1.82, 2.24) is 4.90 Å². The second-order valence-electron chi connectivity index (χ2n) is 7.46. The first-order valence-corrected chi connectivity index (χ1v) is 8.39. The maximum absolute atomic E-state index is 12.5. The molecule has 0 saturated carbocycles. The third-order valence-electron chi connectivity index (χ3n) is 4.28. The van der Waals surface area contributed by atoms with Crippen molar-refractivity contribution in [3.8, 4) is 0 Å². The molecule has 1 saturated heterocycles. The maximum atomic E-state index is 12.5. The number of carbonyl (C=O) groups excluding carboxylic acids is 3. The van der Waals surface area contributed by atoms with Gasteiger partial charge in [0.05, 0.1) is 5.92 Å². The third-order valence-corrected chi connectivity index (χ3v) is 4.28. The minimum Gasteiger partial charge on any atom is -0.341 e. The number of nitrogens with one attached hydrogen (secondary N) is 1. The van der Waals surface area contributed by atoms with E-state index in [-0.39, 0.29) is 23.5 Å². The molecule has 1 atom stereocenters. The summed E-state index contributed by atoms with van der Waals surface area (Å²) in [6.45, 7) is 8.39. The van der Waals surface area contributed by atoms with Crippen LogP contribution >= 0.6 is 0 Å². The Labute approximate surface area is 143 Å². The summed E-state index contributed by atoms with van der Waals surface area (Å²) in [5.41, 5.74) is 0.859. The number of hydrogen-bond donors (Lipinski definition) is 1. The van der Waals surface area contributed by atoms with E-state index in [9.17, 15) is 14.4 Å². The first-order chi connectivity index (χ1) is 11.2. The lowest BCUT2D eigenvalue weighted by molar-refractivity contribution is -0.142. The monoisotopic (exact) mass is 330 g/mol. The van der Waals surface area contributed by atoms with Gasteiger partial charge >= 0.3 is 0 Å². The molecule has 5 nitrogen and oxygen atoms in total. The fraction of sp³-hybridized carbons (Fsp3) is 0.526. The van der Waals surface area contributed by atoms with Crippen molar-refractivity contribution >= 4 is 23.3 Å². The van der Waals surface area contributed by atoms with Crippen LogP contribution in [0.25, 0.3) is 0 Å². The summed E-state index contributed by atoms with van der Waals surface area (Å²) in [7, 11) is 0. The highest BCUT2D eigenvalue weighted by Gasteiger charge is 2.33. The molecule has 1 unspecified atom stereocenters. The molecule has 0 aliphatic carbocycles. The van der Waals surface area contributed by atoms with Crippen molar-refractivity contribution in [1.29, 1.82) is 0 Å². The van der Waals surface area contributed by atoms with E-state index in [0.717, 1.165) is 12.8 Å². The molecule has 0 bridgehead atoms. The number of hydrogen-bond acceptors (Lipinski definition) is 3. The normalized spacial score (nSPS) is 18.2. The molecule has 1 N–H and O–H groups in total.